The number of amides is 1. The van der Waals surface area contributed by atoms with Crippen LogP contribution in [0.3, 0.4) is 0 Å². The Labute approximate surface area is 109 Å². The van der Waals surface area contributed by atoms with Crippen molar-refractivity contribution in [1.29, 1.82) is 0 Å². The first-order chi connectivity index (χ1) is 8.56. The van der Waals surface area contributed by atoms with Gasteiger partial charge in [0, 0.05) is 23.3 Å². The molecule has 1 fully saturated rings. The number of aryl methyl sites for hydroxylation is 1. The van der Waals surface area contributed by atoms with Crippen molar-refractivity contribution in [3.05, 3.63) is 29.3 Å². The molecule has 1 saturated carbocycles. The lowest BCUT2D eigenvalue weighted by atomic mass is 9.93. The van der Waals surface area contributed by atoms with E-state index in [1.54, 1.807) is 0 Å². The molecule has 1 aromatic carbocycles. The molecule has 1 amide bonds. The summed E-state index contributed by atoms with van der Waals surface area (Å²) in [4.78, 5) is 11.9. The third-order valence-electron chi connectivity index (χ3n) is 3.37. The molecule has 0 saturated heterocycles. The summed E-state index contributed by atoms with van der Waals surface area (Å²) in [6, 6.07) is 6.77. The number of benzene rings is 1. The van der Waals surface area contributed by atoms with Crippen LogP contribution < -0.4 is 10.6 Å². The van der Waals surface area contributed by atoms with Gasteiger partial charge in [0.05, 0.1) is 0 Å². The van der Waals surface area contributed by atoms with Crippen molar-refractivity contribution in [3.63, 3.8) is 0 Å². The number of carbonyl (C=O) groups is 1. The third-order valence-corrected chi connectivity index (χ3v) is 3.37. The van der Waals surface area contributed by atoms with Gasteiger partial charge in [-0.25, -0.2) is 0 Å². The van der Waals surface area contributed by atoms with E-state index in [1.165, 1.54) is 19.3 Å². The molecule has 0 heterocycles. The van der Waals surface area contributed by atoms with Crippen LogP contribution in [0.1, 0.15) is 49.0 Å². The Kier molecular flexibility index (Phi) is 3.90. The molecule has 1 aliphatic carbocycles. The molecule has 0 aliphatic heterocycles. The first kappa shape index (κ1) is 12.9. The van der Waals surface area contributed by atoms with Crippen LogP contribution in [-0.4, -0.2) is 18.0 Å². The van der Waals surface area contributed by atoms with Gasteiger partial charge in [0.25, 0.3) is 5.91 Å². The number of hydrogen-bond acceptors (Lipinski definition) is 2. The summed E-state index contributed by atoms with van der Waals surface area (Å²) in [6.45, 7) is 5.93. The van der Waals surface area contributed by atoms with Crippen LogP contribution in [0.5, 0.6) is 0 Å². The minimum absolute atomic E-state index is 0.0118. The predicted octanol–water partition coefficient (Wildman–Crippen LogP) is 3.10. The van der Waals surface area contributed by atoms with Gasteiger partial charge in [0.15, 0.2) is 0 Å². The van der Waals surface area contributed by atoms with Crippen LogP contribution in [0.2, 0.25) is 0 Å². The molecule has 0 radical (unpaired) electrons. The Morgan fingerprint density at radius 2 is 2.06 bits per heavy atom. The van der Waals surface area contributed by atoms with E-state index in [1.807, 2.05) is 32.9 Å². The molecule has 2 rings (SSSR count). The zero-order valence-electron chi connectivity index (χ0n) is 11.4. The third kappa shape index (κ3) is 3.03. The summed E-state index contributed by atoms with van der Waals surface area (Å²) in [6.07, 6.45) is 3.84. The maximum absolute atomic E-state index is 11.9. The van der Waals surface area contributed by atoms with Crippen LogP contribution in [0.15, 0.2) is 18.2 Å². The molecule has 0 atom stereocenters. The van der Waals surface area contributed by atoms with Crippen molar-refractivity contribution in [2.24, 2.45) is 0 Å². The lowest BCUT2D eigenvalue weighted by molar-refractivity contribution is 0.0942. The van der Waals surface area contributed by atoms with Gasteiger partial charge in [-0.2, -0.15) is 0 Å². The Morgan fingerprint density at radius 1 is 1.33 bits per heavy atom. The van der Waals surface area contributed by atoms with Crippen molar-refractivity contribution in [3.8, 4) is 0 Å². The highest BCUT2D eigenvalue weighted by molar-refractivity contribution is 5.96. The zero-order valence-corrected chi connectivity index (χ0v) is 11.4. The molecule has 98 valence electrons. The standard InChI is InChI=1S/C15H22N2O/c1-10(2)16-15(18)14-8-7-13(9-11(14)3)17-12-5-4-6-12/h7-10,12,17H,4-6H2,1-3H3,(H,16,18). The second-order valence-corrected chi connectivity index (χ2v) is 5.43. The number of anilines is 1. The fraction of sp³-hybridized carbons (Fsp3) is 0.533. The van der Waals surface area contributed by atoms with Crippen molar-refractivity contribution in [2.75, 3.05) is 5.32 Å². The van der Waals surface area contributed by atoms with E-state index < -0.39 is 0 Å². The molecule has 0 bridgehead atoms. The largest absolute Gasteiger partial charge is 0.382 e. The molecule has 2 N–H and O–H groups in total. The Hall–Kier alpha value is -1.51. The van der Waals surface area contributed by atoms with E-state index in [0.717, 1.165) is 16.8 Å². The van der Waals surface area contributed by atoms with Crippen molar-refractivity contribution < 1.29 is 4.79 Å². The van der Waals surface area contributed by atoms with E-state index in [-0.39, 0.29) is 11.9 Å². The first-order valence-electron chi connectivity index (χ1n) is 6.74. The molecule has 3 heteroatoms. The summed E-state index contributed by atoms with van der Waals surface area (Å²) in [5.41, 5.74) is 2.92. The van der Waals surface area contributed by atoms with Gasteiger partial charge in [0.1, 0.15) is 0 Å². The normalized spacial score (nSPS) is 15.3. The maximum atomic E-state index is 11.9. The molecule has 18 heavy (non-hydrogen) atoms. The number of rotatable bonds is 4. The number of hydrogen-bond donors (Lipinski definition) is 2. The Morgan fingerprint density at radius 3 is 2.56 bits per heavy atom. The number of nitrogens with one attached hydrogen (secondary N) is 2. The van der Waals surface area contributed by atoms with Gasteiger partial charge < -0.3 is 10.6 Å². The van der Waals surface area contributed by atoms with E-state index >= 15 is 0 Å². The smallest absolute Gasteiger partial charge is 0.251 e. The van der Waals surface area contributed by atoms with Crippen LogP contribution >= 0.6 is 0 Å². The van der Waals surface area contributed by atoms with Crippen LogP contribution in [-0.2, 0) is 0 Å². The average Bonchev–Trinajstić information content (AvgIpc) is 2.22. The summed E-state index contributed by atoms with van der Waals surface area (Å²) in [7, 11) is 0. The van der Waals surface area contributed by atoms with Gasteiger partial charge in [-0.1, -0.05) is 0 Å². The monoisotopic (exact) mass is 246 g/mol. The van der Waals surface area contributed by atoms with Crippen molar-refractivity contribution >= 4 is 11.6 Å². The second kappa shape index (κ2) is 5.42. The summed E-state index contributed by atoms with van der Waals surface area (Å²) >= 11 is 0. The molecule has 0 spiro atoms. The van der Waals surface area contributed by atoms with Gasteiger partial charge in [-0.15, -0.1) is 0 Å². The fourth-order valence-corrected chi connectivity index (χ4v) is 2.14. The molecule has 0 aromatic heterocycles. The number of carbonyl (C=O) groups excluding carboxylic acids is 1. The molecule has 1 aliphatic rings. The lowest BCUT2D eigenvalue weighted by Gasteiger charge is -2.27. The summed E-state index contributed by atoms with van der Waals surface area (Å²) in [5, 5.41) is 6.42. The van der Waals surface area contributed by atoms with Crippen LogP contribution in [0.4, 0.5) is 5.69 Å². The Balaban J connectivity index is 2.06. The lowest BCUT2D eigenvalue weighted by Crippen LogP contribution is -2.30. The Bertz CT molecular complexity index is 436. The van der Waals surface area contributed by atoms with Gasteiger partial charge in [0.2, 0.25) is 0 Å². The molecule has 3 nitrogen and oxygen atoms in total. The SMILES string of the molecule is Cc1cc(NC2CCC2)ccc1C(=O)NC(C)C. The van der Waals surface area contributed by atoms with Crippen LogP contribution in [0, 0.1) is 6.92 Å². The molecular formula is C15H22N2O. The summed E-state index contributed by atoms with van der Waals surface area (Å²) < 4.78 is 0. The highest BCUT2D eigenvalue weighted by atomic mass is 16.1. The first-order valence-corrected chi connectivity index (χ1v) is 6.74. The van der Waals surface area contributed by atoms with E-state index in [4.69, 9.17) is 0 Å². The minimum Gasteiger partial charge on any atom is -0.382 e. The zero-order chi connectivity index (χ0) is 13.1. The minimum atomic E-state index is 0.0118. The van der Waals surface area contributed by atoms with E-state index in [0.29, 0.717) is 6.04 Å². The van der Waals surface area contributed by atoms with Gasteiger partial charge >= 0.3 is 0 Å². The van der Waals surface area contributed by atoms with Crippen molar-refractivity contribution in [1.82, 2.24) is 5.32 Å². The molecule has 0 unspecified atom stereocenters. The quantitative estimate of drug-likeness (QED) is 0.857. The molecule has 1 aromatic rings. The van der Waals surface area contributed by atoms with Crippen LogP contribution in [0.25, 0.3) is 0 Å². The maximum Gasteiger partial charge on any atom is 0.251 e. The van der Waals surface area contributed by atoms with Gasteiger partial charge in [-0.05, 0) is 63.8 Å². The highest BCUT2D eigenvalue weighted by Gasteiger charge is 2.17. The average molecular weight is 246 g/mol. The van der Waals surface area contributed by atoms with E-state index in [2.05, 4.69) is 16.7 Å². The topological polar surface area (TPSA) is 41.1 Å². The van der Waals surface area contributed by atoms with E-state index in [9.17, 15) is 4.79 Å². The predicted molar refractivity (Wildman–Crippen MR) is 75.0 cm³/mol. The highest BCUT2D eigenvalue weighted by Crippen LogP contribution is 2.24. The van der Waals surface area contributed by atoms with Crippen molar-refractivity contribution in [2.45, 2.75) is 52.1 Å². The summed E-state index contributed by atoms with van der Waals surface area (Å²) in [5.74, 6) is 0.0118. The molecular weight excluding hydrogens is 224 g/mol. The fourth-order valence-electron chi connectivity index (χ4n) is 2.14. The second-order valence-electron chi connectivity index (χ2n) is 5.43. The van der Waals surface area contributed by atoms with Gasteiger partial charge in [-0.3, -0.25) is 4.79 Å².